The van der Waals surface area contributed by atoms with Gasteiger partial charge in [0.15, 0.2) is 0 Å². The Balaban J connectivity index is 1.89. The van der Waals surface area contributed by atoms with Crippen molar-refractivity contribution in [1.29, 1.82) is 0 Å². The molecule has 10 heteroatoms. The van der Waals surface area contributed by atoms with Gasteiger partial charge in [0.1, 0.15) is 18.2 Å². The summed E-state index contributed by atoms with van der Waals surface area (Å²) < 4.78 is 15.1. The predicted molar refractivity (Wildman–Crippen MR) is 108 cm³/mol. The smallest absolute Gasteiger partial charge is 0.325 e. The van der Waals surface area contributed by atoms with Gasteiger partial charge in [0, 0.05) is 39.4 Å². The van der Waals surface area contributed by atoms with Crippen molar-refractivity contribution in [1.82, 2.24) is 14.8 Å². The molecular formula is C18H15Cl2FN4O2S. The van der Waals surface area contributed by atoms with E-state index in [4.69, 9.17) is 34.0 Å². The molecule has 0 saturated heterocycles. The van der Waals surface area contributed by atoms with Gasteiger partial charge in [0.25, 0.3) is 0 Å². The number of carboxylic acid groups (broad SMARTS) is 1. The minimum Gasteiger partial charge on any atom is -0.480 e. The Kier molecular flexibility index (Phi) is 6.12. The third-order valence-electron chi connectivity index (χ3n) is 3.94. The lowest BCUT2D eigenvalue weighted by Gasteiger charge is -2.16. The number of nitrogen functional groups attached to an aromatic ring is 1. The molecule has 0 amide bonds. The molecule has 6 nitrogen and oxygen atoms in total. The normalized spacial score (nSPS) is 12.1. The van der Waals surface area contributed by atoms with E-state index in [0.29, 0.717) is 26.9 Å². The fraction of sp³-hybridized carbons (Fsp3) is 0.167. The number of thioether (sulfide) groups is 1. The number of hydrogen-bond donors (Lipinski definition) is 2. The van der Waals surface area contributed by atoms with E-state index in [-0.39, 0.29) is 16.8 Å². The minimum absolute atomic E-state index is 0.0230. The van der Waals surface area contributed by atoms with E-state index in [1.807, 2.05) is 13.0 Å². The number of aliphatic carboxylic acids is 1. The molecule has 146 valence electrons. The average molecular weight is 441 g/mol. The van der Waals surface area contributed by atoms with Crippen molar-refractivity contribution in [3.63, 3.8) is 0 Å². The van der Waals surface area contributed by atoms with E-state index < -0.39 is 11.8 Å². The molecule has 1 unspecified atom stereocenters. The third kappa shape index (κ3) is 4.40. The van der Waals surface area contributed by atoms with Crippen molar-refractivity contribution in [2.45, 2.75) is 23.6 Å². The van der Waals surface area contributed by atoms with Crippen molar-refractivity contribution in [2.75, 3.05) is 5.73 Å². The van der Waals surface area contributed by atoms with Crippen LogP contribution in [0.3, 0.4) is 0 Å². The van der Waals surface area contributed by atoms with Gasteiger partial charge < -0.3 is 10.8 Å². The molecule has 2 aromatic heterocycles. The maximum absolute atomic E-state index is 13.8. The number of benzene rings is 1. The first kappa shape index (κ1) is 20.4. The van der Waals surface area contributed by atoms with Gasteiger partial charge in [0.05, 0.1) is 16.1 Å². The molecule has 1 atom stereocenters. The number of rotatable bonds is 6. The molecule has 0 saturated carbocycles. The van der Waals surface area contributed by atoms with Crippen LogP contribution in [0.15, 0.2) is 41.7 Å². The highest BCUT2D eigenvalue weighted by Crippen LogP contribution is 2.44. The lowest BCUT2D eigenvalue weighted by Crippen LogP contribution is -2.08. The number of halogens is 3. The number of carboxylic acids is 1. The molecule has 2 heterocycles. The summed E-state index contributed by atoms with van der Waals surface area (Å²) in [5, 5.41) is 12.9. The Morgan fingerprint density at radius 2 is 2.11 bits per heavy atom. The lowest BCUT2D eigenvalue weighted by atomic mass is 10.1. The Morgan fingerprint density at radius 1 is 1.36 bits per heavy atom. The van der Waals surface area contributed by atoms with Gasteiger partial charge in [-0.15, -0.1) is 11.8 Å². The molecule has 0 aliphatic heterocycles. The van der Waals surface area contributed by atoms with E-state index in [9.17, 15) is 9.18 Å². The number of nitrogens with two attached hydrogens (primary N) is 1. The molecule has 0 bridgehead atoms. The topological polar surface area (TPSA) is 94.0 Å². The van der Waals surface area contributed by atoms with E-state index in [1.165, 1.54) is 28.6 Å². The summed E-state index contributed by atoms with van der Waals surface area (Å²) in [7, 11) is 0. The summed E-state index contributed by atoms with van der Waals surface area (Å²) in [5.74, 6) is -1.22. The maximum atomic E-state index is 13.8. The maximum Gasteiger partial charge on any atom is 0.325 e. The molecule has 1 aromatic carbocycles. The van der Waals surface area contributed by atoms with Gasteiger partial charge in [-0.1, -0.05) is 23.2 Å². The molecule has 0 spiro atoms. The van der Waals surface area contributed by atoms with Gasteiger partial charge in [0.2, 0.25) is 0 Å². The second kappa shape index (κ2) is 8.38. The number of anilines is 1. The number of aromatic nitrogens is 3. The number of pyridine rings is 1. The van der Waals surface area contributed by atoms with Crippen LogP contribution in [0.25, 0.3) is 11.1 Å². The van der Waals surface area contributed by atoms with Crippen molar-refractivity contribution >= 4 is 46.8 Å². The highest BCUT2D eigenvalue weighted by atomic mass is 35.5. The first-order valence-corrected chi connectivity index (χ1v) is 9.70. The van der Waals surface area contributed by atoms with Crippen molar-refractivity contribution in [3.05, 3.63) is 58.2 Å². The fourth-order valence-electron chi connectivity index (χ4n) is 2.61. The van der Waals surface area contributed by atoms with Crippen LogP contribution in [0, 0.1) is 5.82 Å². The minimum atomic E-state index is -0.987. The van der Waals surface area contributed by atoms with Gasteiger partial charge in [-0.3, -0.25) is 9.48 Å². The van der Waals surface area contributed by atoms with E-state index >= 15 is 0 Å². The highest BCUT2D eigenvalue weighted by molar-refractivity contribution is 7.99. The molecule has 0 aliphatic carbocycles. The zero-order chi connectivity index (χ0) is 20.4. The van der Waals surface area contributed by atoms with Gasteiger partial charge in [-0.05, 0) is 25.1 Å². The van der Waals surface area contributed by atoms with Crippen molar-refractivity contribution in [2.24, 2.45) is 0 Å². The van der Waals surface area contributed by atoms with Crippen LogP contribution >= 0.6 is 35.0 Å². The van der Waals surface area contributed by atoms with E-state index in [0.717, 1.165) is 5.56 Å². The van der Waals surface area contributed by atoms with Crippen LogP contribution in [-0.4, -0.2) is 25.8 Å². The molecular weight excluding hydrogens is 426 g/mol. The van der Waals surface area contributed by atoms with Crippen LogP contribution < -0.4 is 5.73 Å². The number of carbonyl (C=O) groups is 1. The zero-order valence-corrected chi connectivity index (χ0v) is 16.9. The summed E-state index contributed by atoms with van der Waals surface area (Å²) in [6.45, 7) is 1.60. The molecule has 3 N–H and O–H groups in total. The van der Waals surface area contributed by atoms with Crippen LogP contribution in [0.5, 0.6) is 0 Å². The number of hydrogen-bond acceptors (Lipinski definition) is 5. The molecule has 0 radical (unpaired) electrons. The van der Waals surface area contributed by atoms with Crippen LogP contribution in [0.2, 0.25) is 10.0 Å². The first-order chi connectivity index (χ1) is 13.3. The van der Waals surface area contributed by atoms with Crippen LogP contribution in [0.1, 0.15) is 17.7 Å². The van der Waals surface area contributed by atoms with Gasteiger partial charge in [-0.2, -0.15) is 5.10 Å². The number of nitrogens with zero attached hydrogens (tertiary/aromatic N) is 3. The monoisotopic (exact) mass is 440 g/mol. The summed E-state index contributed by atoms with van der Waals surface area (Å²) in [6, 6.07) is 4.49. The summed E-state index contributed by atoms with van der Waals surface area (Å²) in [6.07, 6.45) is 4.74. The Hall–Kier alpha value is -2.29. The molecule has 0 aliphatic rings. The van der Waals surface area contributed by atoms with Crippen LogP contribution in [-0.2, 0) is 11.3 Å². The second-order valence-electron chi connectivity index (χ2n) is 5.94. The average Bonchev–Trinajstić information content (AvgIpc) is 3.08. The highest BCUT2D eigenvalue weighted by Gasteiger charge is 2.20. The van der Waals surface area contributed by atoms with Crippen molar-refractivity contribution < 1.29 is 14.3 Å². The first-order valence-electron chi connectivity index (χ1n) is 8.06. The quantitative estimate of drug-likeness (QED) is 0.417. The standard InChI is InChI=1S/C18H15Cl2FN4O2S/c1-9(16-12(19)2-3-13(21)17(16)20)28-14-4-10(5-23-18(14)22)11-6-24-25(7-11)8-15(26)27/h2-7,9H,8H2,1H3,(H2,22,23)(H,26,27). The third-order valence-corrected chi connectivity index (χ3v) is 5.82. The van der Waals surface area contributed by atoms with E-state index in [1.54, 1.807) is 18.6 Å². The predicted octanol–water partition coefficient (Wildman–Crippen LogP) is 4.91. The molecule has 0 fully saturated rings. The van der Waals surface area contributed by atoms with Gasteiger partial charge in [-0.25, -0.2) is 9.37 Å². The molecule has 28 heavy (non-hydrogen) atoms. The summed E-state index contributed by atoms with van der Waals surface area (Å²) in [5.41, 5.74) is 7.90. The van der Waals surface area contributed by atoms with E-state index in [2.05, 4.69) is 10.1 Å². The largest absolute Gasteiger partial charge is 0.480 e. The fourth-order valence-corrected chi connectivity index (χ4v) is 4.55. The Bertz CT molecular complexity index is 1040. The Labute approximate surface area is 174 Å². The van der Waals surface area contributed by atoms with Crippen molar-refractivity contribution in [3.8, 4) is 11.1 Å². The SMILES string of the molecule is CC(Sc1cc(-c2cnn(CC(=O)O)c2)cnc1N)c1c(Cl)ccc(F)c1Cl. The zero-order valence-electron chi connectivity index (χ0n) is 14.6. The Morgan fingerprint density at radius 3 is 2.82 bits per heavy atom. The second-order valence-corrected chi connectivity index (χ2v) is 8.11. The lowest BCUT2D eigenvalue weighted by molar-refractivity contribution is -0.137. The summed E-state index contributed by atoms with van der Waals surface area (Å²) >= 11 is 13.6. The molecule has 3 rings (SSSR count). The molecule has 3 aromatic rings. The summed E-state index contributed by atoms with van der Waals surface area (Å²) in [4.78, 5) is 15.7. The van der Waals surface area contributed by atoms with Crippen LogP contribution in [0.4, 0.5) is 10.2 Å². The van der Waals surface area contributed by atoms with Gasteiger partial charge >= 0.3 is 5.97 Å².